The lowest BCUT2D eigenvalue weighted by molar-refractivity contribution is -0.136. The number of rotatable bonds is 5. The van der Waals surface area contributed by atoms with Gasteiger partial charge in [0.25, 0.3) is 0 Å². The first-order valence-electron chi connectivity index (χ1n) is 8.36. The van der Waals surface area contributed by atoms with E-state index >= 15 is 0 Å². The first kappa shape index (κ1) is 15.8. The molecular weight excluding hydrogens is 252 g/mol. The minimum Gasteiger partial charge on any atom is -0.379 e. The molecule has 1 amide bonds. The Bertz CT molecular complexity index is 309. The SMILES string of the molecule is CCCNC1COCC1C(=O)N1CCCC(CC)CC1. The van der Waals surface area contributed by atoms with Crippen LogP contribution in [0.25, 0.3) is 0 Å². The first-order chi connectivity index (χ1) is 9.76. The molecule has 2 fully saturated rings. The summed E-state index contributed by atoms with van der Waals surface area (Å²) in [7, 11) is 0. The number of carbonyl (C=O) groups excluding carboxylic acids is 1. The summed E-state index contributed by atoms with van der Waals surface area (Å²) in [6.07, 6.45) is 5.95. The van der Waals surface area contributed by atoms with Gasteiger partial charge in [0.2, 0.25) is 5.91 Å². The molecule has 3 unspecified atom stereocenters. The van der Waals surface area contributed by atoms with Gasteiger partial charge < -0.3 is 15.0 Å². The van der Waals surface area contributed by atoms with Crippen molar-refractivity contribution in [2.75, 3.05) is 32.8 Å². The average molecular weight is 282 g/mol. The summed E-state index contributed by atoms with van der Waals surface area (Å²) in [5, 5.41) is 3.46. The third-order valence-corrected chi connectivity index (χ3v) is 4.79. The number of nitrogens with one attached hydrogen (secondary N) is 1. The predicted molar refractivity (Wildman–Crippen MR) is 80.6 cm³/mol. The molecule has 0 aromatic carbocycles. The Balaban J connectivity index is 1.89. The molecule has 0 aromatic heterocycles. The van der Waals surface area contributed by atoms with Gasteiger partial charge >= 0.3 is 0 Å². The summed E-state index contributed by atoms with van der Waals surface area (Å²) in [5.74, 6) is 1.15. The highest BCUT2D eigenvalue weighted by atomic mass is 16.5. The molecule has 2 aliphatic rings. The summed E-state index contributed by atoms with van der Waals surface area (Å²) in [4.78, 5) is 14.8. The fourth-order valence-corrected chi connectivity index (χ4v) is 3.36. The van der Waals surface area contributed by atoms with Gasteiger partial charge in [-0.25, -0.2) is 0 Å². The van der Waals surface area contributed by atoms with E-state index in [4.69, 9.17) is 4.74 Å². The van der Waals surface area contributed by atoms with Gasteiger partial charge in [-0.1, -0.05) is 20.3 Å². The van der Waals surface area contributed by atoms with Gasteiger partial charge in [0.15, 0.2) is 0 Å². The van der Waals surface area contributed by atoms with Crippen molar-refractivity contribution in [3.63, 3.8) is 0 Å². The molecule has 2 rings (SSSR count). The average Bonchev–Trinajstić information content (AvgIpc) is 2.80. The van der Waals surface area contributed by atoms with Crippen molar-refractivity contribution in [2.24, 2.45) is 11.8 Å². The van der Waals surface area contributed by atoms with Gasteiger partial charge in [0.1, 0.15) is 0 Å². The topological polar surface area (TPSA) is 41.6 Å². The second kappa shape index (κ2) is 7.99. The zero-order chi connectivity index (χ0) is 14.4. The fraction of sp³-hybridized carbons (Fsp3) is 0.938. The van der Waals surface area contributed by atoms with Crippen LogP contribution in [0.5, 0.6) is 0 Å². The second-order valence-electron chi connectivity index (χ2n) is 6.24. The van der Waals surface area contributed by atoms with E-state index in [1.807, 2.05) is 0 Å². The van der Waals surface area contributed by atoms with Crippen LogP contribution < -0.4 is 5.32 Å². The Morgan fingerprint density at radius 3 is 2.85 bits per heavy atom. The van der Waals surface area contributed by atoms with Gasteiger partial charge in [-0.05, 0) is 38.1 Å². The molecule has 1 N–H and O–H groups in total. The molecule has 2 saturated heterocycles. The largest absolute Gasteiger partial charge is 0.379 e. The molecule has 0 spiro atoms. The van der Waals surface area contributed by atoms with Crippen LogP contribution in [0.2, 0.25) is 0 Å². The number of likely N-dealkylation sites (tertiary alicyclic amines) is 1. The zero-order valence-corrected chi connectivity index (χ0v) is 13.1. The maximum atomic E-state index is 12.7. The fourth-order valence-electron chi connectivity index (χ4n) is 3.36. The van der Waals surface area contributed by atoms with Crippen LogP contribution >= 0.6 is 0 Å². The van der Waals surface area contributed by atoms with Crippen LogP contribution in [0, 0.1) is 11.8 Å². The third kappa shape index (κ3) is 3.95. The summed E-state index contributed by atoms with van der Waals surface area (Å²) < 4.78 is 5.54. The van der Waals surface area contributed by atoms with E-state index in [1.54, 1.807) is 0 Å². The highest BCUT2D eigenvalue weighted by Crippen LogP contribution is 2.23. The Morgan fingerprint density at radius 2 is 2.10 bits per heavy atom. The number of nitrogens with zero attached hydrogens (tertiary/aromatic N) is 1. The summed E-state index contributed by atoms with van der Waals surface area (Å²) in [6.45, 7) is 8.53. The Hall–Kier alpha value is -0.610. The lowest BCUT2D eigenvalue weighted by Gasteiger charge is -2.26. The second-order valence-corrected chi connectivity index (χ2v) is 6.24. The normalized spacial score (nSPS) is 31.3. The van der Waals surface area contributed by atoms with Crippen molar-refractivity contribution in [3.05, 3.63) is 0 Å². The van der Waals surface area contributed by atoms with E-state index in [0.717, 1.165) is 38.4 Å². The van der Waals surface area contributed by atoms with Crippen LogP contribution in [0.3, 0.4) is 0 Å². The number of carbonyl (C=O) groups is 1. The molecule has 0 saturated carbocycles. The van der Waals surface area contributed by atoms with Crippen LogP contribution in [0.4, 0.5) is 0 Å². The van der Waals surface area contributed by atoms with Crippen molar-refractivity contribution in [2.45, 2.75) is 52.0 Å². The lowest BCUT2D eigenvalue weighted by atomic mass is 9.98. The molecule has 3 atom stereocenters. The Kier molecular flexibility index (Phi) is 6.30. The van der Waals surface area contributed by atoms with E-state index in [1.165, 1.54) is 19.3 Å². The molecule has 0 bridgehead atoms. The highest BCUT2D eigenvalue weighted by Gasteiger charge is 2.36. The number of hydrogen-bond donors (Lipinski definition) is 1. The van der Waals surface area contributed by atoms with E-state index in [-0.39, 0.29) is 12.0 Å². The van der Waals surface area contributed by atoms with E-state index < -0.39 is 0 Å². The molecule has 20 heavy (non-hydrogen) atoms. The molecule has 0 aliphatic carbocycles. The summed E-state index contributed by atoms with van der Waals surface area (Å²) >= 11 is 0. The first-order valence-corrected chi connectivity index (χ1v) is 8.36. The third-order valence-electron chi connectivity index (χ3n) is 4.79. The van der Waals surface area contributed by atoms with Gasteiger partial charge in [-0.15, -0.1) is 0 Å². The van der Waals surface area contributed by atoms with E-state index in [0.29, 0.717) is 19.1 Å². The highest BCUT2D eigenvalue weighted by molar-refractivity contribution is 5.80. The van der Waals surface area contributed by atoms with E-state index in [2.05, 4.69) is 24.1 Å². The molecule has 4 nitrogen and oxygen atoms in total. The quantitative estimate of drug-likeness (QED) is 0.839. The van der Waals surface area contributed by atoms with Crippen LogP contribution in [-0.4, -0.2) is 49.7 Å². The maximum absolute atomic E-state index is 12.7. The van der Waals surface area contributed by atoms with Gasteiger partial charge in [-0.3, -0.25) is 4.79 Å². The van der Waals surface area contributed by atoms with Crippen molar-refractivity contribution in [3.8, 4) is 0 Å². The van der Waals surface area contributed by atoms with Gasteiger partial charge in [0, 0.05) is 19.1 Å². The minimum atomic E-state index is 0.0275. The summed E-state index contributed by atoms with van der Waals surface area (Å²) in [6, 6.07) is 0.215. The van der Waals surface area contributed by atoms with Crippen molar-refractivity contribution < 1.29 is 9.53 Å². The summed E-state index contributed by atoms with van der Waals surface area (Å²) in [5.41, 5.74) is 0. The maximum Gasteiger partial charge on any atom is 0.229 e. The monoisotopic (exact) mass is 282 g/mol. The van der Waals surface area contributed by atoms with Gasteiger partial charge in [0.05, 0.1) is 19.1 Å². The van der Waals surface area contributed by atoms with Crippen molar-refractivity contribution >= 4 is 5.91 Å². The van der Waals surface area contributed by atoms with Crippen LogP contribution in [0.1, 0.15) is 46.0 Å². The van der Waals surface area contributed by atoms with Crippen LogP contribution in [0.15, 0.2) is 0 Å². The smallest absolute Gasteiger partial charge is 0.229 e. The Morgan fingerprint density at radius 1 is 1.25 bits per heavy atom. The standard InChI is InChI=1S/C16H30N2O2/c1-3-8-17-15-12-20-11-14(15)16(19)18-9-5-6-13(4-2)7-10-18/h13-15,17H,3-12H2,1-2H3. The molecule has 116 valence electrons. The molecule has 0 aromatic rings. The Labute approximate surface area is 123 Å². The predicted octanol–water partition coefficient (Wildman–Crippen LogP) is 2.04. The van der Waals surface area contributed by atoms with E-state index in [9.17, 15) is 4.79 Å². The zero-order valence-electron chi connectivity index (χ0n) is 13.1. The minimum absolute atomic E-state index is 0.0275. The molecule has 2 aliphatic heterocycles. The molecular formula is C16H30N2O2. The van der Waals surface area contributed by atoms with Gasteiger partial charge in [-0.2, -0.15) is 0 Å². The van der Waals surface area contributed by atoms with Crippen molar-refractivity contribution in [1.82, 2.24) is 10.2 Å². The molecule has 4 heteroatoms. The van der Waals surface area contributed by atoms with Crippen LogP contribution in [-0.2, 0) is 9.53 Å². The molecule has 2 heterocycles. The lowest BCUT2D eigenvalue weighted by Crippen LogP contribution is -2.46. The number of amides is 1. The number of ether oxygens (including phenoxy) is 1. The van der Waals surface area contributed by atoms with Crippen molar-refractivity contribution in [1.29, 1.82) is 0 Å². The number of hydrogen-bond acceptors (Lipinski definition) is 3. The molecule has 0 radical (unpaired) electrons.